The van der Waals surface area contributed by atoms with Gasteiger partial charge >= 0.3 is 6.03 Å². The van der Waals surface area contributed by atoms with Crippen molar-refractivity contribution in [2.45, 2.75) is 99.0 Å². The van der Waals surface area contributed by atoms with Crippen molar-refractivity contribution in [1.29, 1.82) is 5.26 Å². The highest BCUT2D eigenvalue weighted by Crippen LogP contribution is 2.73. The van der Waals surface area contributed by atoms with Crippen molar-refractivity contribution in [1.82, 2.24) is 5.32 Å². The molecule has 0 radical (unpaired) electrons. The first-order chi connectivity index (χ1) is 20.0. The van der Waals surface area contributed by atoms with Gasteiger partial charge in [0.2, 0.25) is 0 Å². The Kier molecular flexibility index (Phi) is 6.53. The van der Waals surface area contributed by atoms with Gasteiger partial charge in [-0.15, -0.1) is 0 Å². The Bertz CT molecular complexity index is 1500. The van der Waals surface area contributed by atoms with Crippen LogP contribution in [0.25, 0.3) is 0 Å². The van der Waals surface area contributed by atoms with E-state index in [2.05, 4.69) is 51.3 Å². The summed E-state index contributed by atoms with van der Waals surface area (Å²) in [5, 5.41) is 16.4. The molecular formula is C37H47N3O3. The second-order valence-corrected chi connectivity index (χ2v) is 16.4. The van der Waals surface area contributed by atoms with E-state index in [9.17, 15) is 19.6 Å². The monoisotopic (exact) mass is 581 g/mol. The third-order valence-corrected chi connectivity index (χ3v) is 13.3. The number of hydrogen-bond acceptors (Lipinski definition) is 4. The molecule has 3 saturated carbocycles. The minimum Gasteiger partial charge on any atom is -0.332 e. The van der Waals surface area contributed by atoms with E-state index in [1.165, 1.54) is 0 Å². The number of benzene rings is 1. The number of carbonyl (C=O) groups excluding carboxylic acids is 3. The number of urea groups is 1. The number of ketones is 2. The number of anilines is 1. The summed E-state index contributed by atoms with van der Waals surface area (Å²) in [7, 11) is 0. The first kappa shape index (κ1) is 29.9. The molecule has 6 nitrogen and oxygen atoms in total. The van der Waals surface area contributed by atoms with E-state index < -0.39 is 16.4 Å². The number of nitriles is 1. The van der Waals surface area contributed by atoms with Crippen LogP contribution in [-0.4, -0.2) is 23.1 Å². The maximum absolute atomic E-state index is 14.7. The highest BCUT2D eigenvalue weighted by Gasteiger charge is 2.70. The van der Waals surface area contributed by atoms with Crippen LogP contribution in [0.15, 0.2) is 53.6 Å². The second-order valence-electron chi connectivity index (χ2n) is 16.4. The fraction of sp³-hybridized carbons (Fsp3) is 0.622. The van der Waals surface area contributed by atoms with Gasteiger partial charge < -0.3 is 10.6 Å². The number of Topliss-reactive ketones (excluding diaryl/α,β-unsaturated/α-hetero) is 1. The molecule has 0 aliphatic heterocycles. The fourth-order valence-electron chi connectivity index (χ4n) is 10.8. The molecule has 228 valence electrons. The van der Waals surface area contributed by atoms with Crippen LogP contribution in [0.2, 0.25) is 0 Å². The van der Waals surface area contributed by atoms with Crippen LogP contribution in [-0.2, 0) is 9.59 Å². The Morgan fingerprint density at radius 2 is 1.60 bits per heavy atom. The average Bonchev–Trinajstić information content (AvgIpc) is 2.93. The van der Waals surface area contributed by atoms with Gasteiger partial charge in [0.15, 0.2) is 11.6 Å². The topological polar surface area (TPSA) is 99.1 Å². The Hall–Kier alpha value is -3.20. The first-order valence-corrected chi connectivity index (χ1v) is 16.1. The summed E-state index contributed by atoms with van der Waals surface area (Å²) in [5.41, 5.74) is -0.123. The van der Waals surface area contributed by atoms with E-state index in [0.717, 1.165) is 56.2 Å². The number of hydrogen-bond donors (Lipinski definition) is 2. The fourth-order valence-corrected chi connectivity index (χ4v) is 10.8. The number of amides is 2. The zero-order chi connectivity index (χ0) is 31.2. The van der Waals surface area contributed by atoms with Crippen LogP contribution in [0.4, 0.5) is 10.5 Å². The summed E-state index contributed by atoms with van der Waals surface area (Å²) >= 11 is 0. The molecule has 2 amide bonds. The minimum absolute atomic E-state index is 0.0127. The normalized spacial score (nSPS) is 40.7. The van der Waals surface area contributed by atoms with Crippen LogP contribution in [0.1, 0.15) is 93.4 Å². The lowest BCUT2D eigenvalue weighted by molar-refractivity contribution is -0.160. The Labute approximate surface area is 256 Å². The van der Waals surface area contributed by atoms with E-state index in [4.69, 9.17) is 0 Å². The SMILES string of the molecule is CC1(C)CC[C@]2(NC(=O)Nc3ccccc3)CC[C@]3(C)[C@@H](C(=O)C=C4[C@@]5(C)C=C(C#N)C(=O)C(C)(C)[C@@H]5CC[C@]43C)C2C1. The molecule has 0 heterocycles. The third kappa shape index (κ3) is 4.13. The lowest BCUT2D eigenvalue weighted by Crippen LogP contribution is -2.70. The van der Waals surface area contributed by atoms with Gasteiger partial charge in [0.1, 0.15) is 6.07 Å². The van der Waals surface area contributed by atoms with Gasteiger partial charge in [0.05, 0.1) is 5.57 Å². The van der Waals surface area contributed by atoms with E-state index in [-0.39, 0.29) is 57.2 Å². The molecule has 0 aromatic heterocycles. The maximum Gasteiger partial charge on any atom is 0.319 e. The number of nitrogens with one attached hydrogen (secondary N) is 2. The molecule has 5 aliphatic carbocycles. The first-order valence-electron chi connectivity index (χ1n) is 16.1. The number of nitrogens with zero attached hydrogens (tertiary/aromatic N) is 1. The lowest BCUT2D eigenvalue weighted by Gasteiger charge is -2.69. The summed E-state index contributed by atoms with van der Waals surface area (Å²) in [5.74, 6) is -0.116. The summed E-state index contributed by atoms with van der Waals surface area (Å²) in [6.07, 6.45) is 9.98. The van der Waals surface area contributed by atoms with Crippen molar-refractivity contribution in [2.75, 3.05) is 5.32 Å². The minimum atomic E-state index is -0.678. The van der Waals surface area contributed by atoms with Gasteiger partial charge in [-0.3, -0.25) is 9.59 Å². The van der Waals surface area contributed by atoms with Gasteiger partial charge in [-0.1, -0.05) is 78.3 Å². The van der Waals surface area contributed by atoms with Gasteiger partial charge in [-0.05, 0) is 91.2 Å². The molecule has 0 spiro atoms. The molecule has 1 aromatic carbocycles. The standard InChI is InChI=1S/C37H47N3O3/c1-32(2)15-17-37(40-31(43)39-24-11-9-8-10-12-24)18-16-36(7)29(25(37)21-32)26(41)19-28-34(5)20-23(22-38)30(42)33(3,4)27(34)13-14-35(28,36)6/h8-12,19-20,25,27,29H,13-18,21H2,1-7H3,(H2,39,40,43)/t25?,27-,29+,34-,35+,36+,37-/m0/s1. The van der Waals surface area contributed by atoms with E-state index in [0.29, 0.717) is 0 Å². The van der Waals surface area contributed by atoms with Crippen LogP contribution >= 0.6 is 0 Å². The van der Waals surface area contributed by atoms with Crippen molar-refractivity contribution in [2.24, 2.45) is 44.8 Å². The maximum atomic E-state index is 14.7. The lowest BCUT2D eigenvalue weighted by atomic mass is 9.35. The van der Waals surface area contributed by atoms with Crippen molar-refractivity contribution >= 4 is 23.3 Å². The van der Waals surface area contributed by atoms with E-state index >= 15 is 0 Å². The van der Waals surface area contributed by atoms with Gasteiger partial charge in [-0.25, -0.2) is 4.79 Å². The quantitative estimate of drug-likeness (QED) is 0.373. The molecule has 0 saturated heterocycles. The molecule has 1 unspecified atom stereocenters. The number of para-hydroxylation sites is 1. The van der Waals surface area contributed by atoms with Crippen LogP contribution in [0, 0.1) is 56.2 Å². The van der Waals surface area contributed by atoms with Gasteiger partial charge in [0, 0.05) is 28.0 Å². The molecule has 3 fully saturated rings. The molecule has 1 aromatic rings. The van der Waals surface area contributed by atoms with E-state index in [1.54, 1.807) is 0 Å². The number of rotatable bonds is 2. The van der Waals surface area contributed by atoms with Crippen molar-refractivity contribution in [3.8, 4) is 6.07 Å². The van der Waals surface area contributed by atoms with Crippen molar-refractivity contribution in [3.63, 3.8) is 0 Å². The number of allylic oxidation sites excluding steroid dienone is 4. The van der Waals surface area contributed by atoms with Gasteiger partial charge in [0.25, 0.3) is 0 Å². The summed E-state index contributed by atoms with van der Waals surface area (Å²) in [4.78, 5) is 41.4. The number of carbonyl (C=O) groups is 3. The highest BCUT2D eigenvalue weighted by molar-refractivity contribution is 6.04. The summed E-state index contributed by atoms with van der Waals surface area (Å²) < 4.78 is 0. The summed E-state index contributed by atoms with van der Waals surface area (Å²) in [6.45, 7) is 15.4. The smallest absolute Gasteiger partial charge is 0.319 e. The van der Waals surface area contributed by atoms with Crippen LogP contribution in [0.3, 0.4) is 0 Å². The molecule has 2 N–H and O–H groups in total. The summed E-state index contributed by atoms with van der Waals surface area (Å²) in [6, 6.07) is 11.5. The zero-order valence-corrected chi connectivity index (χ0v) is 26.9. The van der Waals surface area contributed by atoms with Crippen molar-refractivity contribution < 1.29 is 14.4 Å². The predicted octanol–water partition coefficient (Wildman–Crippen LogP) is 7.78. The predicted molar refractivity (Wildman–Crippen MR) is 168 cm³/mol. The van der Waals surface area contributed by atoms with Crippen molar-refractivity contribution in [3.05, 3.63) is 53.6 Å². The highest BCUT2D eigenvalue weighted by atomic mass is 16.2. The Morgan fingerprint density at radius 1 is 0.930 bits per heavy atom. The average molecular weight is 582 g/mol. The van der Waals surface area contributed by atoms with Crippen LogP contribution in [0.5, 0.6) is 0 Å². The largest absolute Gasteiger partial charge is 0.332 e. The second kappa shape index (κ2) is 9.40. The number of fused-ring (bicyclic) bond motifs is 7. The molecule has 6 heteroatoms. The molecule has 5 aliphatic rings. The molecule has 7 atom stereocenters. The molecular weight excluding hydrogens is 534 g/mol. The molecule has 6 rings (SSSR count). The Morgan fingerprint density at radius 3 is 2.28 bits per heavy atom. The zero-order valence-electron chi connectivity index (χ0n) is 26.9. The van der Waals surface area contributed by atoms with E-state index in [1.807, 2.05) is 56.3 Å². The molecule has 0 bridgehead atoms. The third-order valence-electron chi connectivity index (χ3n) is 13.3. The Balaban J connectivity index is 1.43. The molecule has 43 heavy (non-hydrogen) atoms. The van der Waals surface area contributed by atoms with Crippen LogP contribution < -0.4 is 10.6 Å². The van der Waals surface area contributed by atoms with Gasteiger partial charge in [-0.2, -0.15) is 5.26 Å².